The molecule has 3 rings (SSSR count). The zero-order valence-electron chi connectivity index (χ0n) is 15.3. The fraction of sp³-hybridized carbons (Fsp3) is 0.421. The Labute approximate surface area is 159 Å². The molecule has 8 heteroatoms. The lowest BCUT2D eigenvalue weighted by molar-refractivity contribution is -0.132. The third-order valence-electron chi connectivity index (χ3n) is 4.64. The number of carbonyl (C=O) groups is 1. The average molecular weight is 392 g/mol. The van der Waals surface area contributed by atoms with Crippen LogP contribution in [0, 0.1) is 0 Å². The summed E-state index contributed by atoms with van der Waals surface area (Å²) in [5.41, 5.74) is 0. The smallest absolute Gasteiger partial charge is 0.241 e. The highest BCUT2D eigenvalue weighted by atomic mass is 32.2. The van der Waals surface area contributed by atoms with Crippen molar-refractivity contribution in [2.24, 2.45) is 0 Å². The Morgan fingerprint density at radius 1 is 1.19 bits per heavy atom. The van der Waals surface area contributed by atoms with Gasteiger partial charge in [0, 0.05) is 13.1 Å². The van der Waals surface area contributed by atoms with Gasteiger partial charge < -0.3 is 14.1 Å². The Morgan fingerprint density at radius 2 is 1.89 bits per heavy atom. The molecule has 2 aromatic rings. The number of nitrogens with one attached hydrogen (secondary N) is 1. The van der Waals surface area contributed by atoms with Crippen LogP contribution in [-0.2, 0) is 14.8 Å². The molecule has 1 unspecified atom stereocenters. The third kappa shape index (κ3) is 4.90. The van der Waals surface area contributed by atoms with E-state index in [2.05, 4.69) is 4.72 Å². The molecule has 2 heterocycles. The first kappa shape index (κ1) is 19.4. The number of sulfonamides is 1. The lowest BCUT2D eigenvalue weighted by Crippen LogP contribution is -2.39. The quantitative estimate of drug-likeness (QED) is 0.783. The molecule has 1 aromatic carbocycles. The molecule has 1 aliphatic heterocycles. The van der Waals surface area contributed by atoms with Gasteiger partial charge in [-0.15, -0.1) is 0 Å². The van der Waals surface area contributed by atoms with Crippen LogP contribution in [0.3, 0.4) is 0 Å². The number of rotatable bonds is 7. The molecule has 0 radical (unpaired) electrons. The maximum absolute atomic E-state index is 12.8. The number of methoxy groups -OCH3 is 1. The number of carbonyl (C=O) groups excluding carboxylic acids is 1. The highest BCUT2D eigenvalue weighted by Gasteiger charge is 2.28. The van der Waals surface area contributed by atoms with Gasteiger partial charge in [0.25, 0.3) is 0 Å². The lowest BCUT2D eigenvalue weighted by Gasteiger charge is -2.28. The number of ether oxygens (including phenoxy) is 1. The molecule has 0 spiro atoms. The first-order chi connectivity index (χ1) is 13.0. The van der Waals surface area contributed by atoms with Crippen molar-refractivity contribution in [2.45, 2.75) is 36.6 Å². The number of piperidine rings is 1. The van der Waals surface area contributed by atoms with Crippen LogP contribution in [0.1, 0.15) is 37.5 Å². The molecule has 1 saturated heterocycles. The van der Waals surface area contributed by atoms with Crippen LogP contribution in [0.2, 0.25) is 0 Å². The van der Waals surface area contributed by atoms with E-state index in [0.29, 0.717) is 11.5 Å². The second-order valence-electron chi connectivity index (χ2n) is 6.51. The average Bonchev–Trinajstić information content (AvgIpc) is 3.23. The molecule has 1 N–H and O–H groups in total. The van der Waals surface area contributed by atoms with Crippen LogP contribution >= 0.6 is 0 Å². The summed E-state index contributed by atoms with van der Waals surface area (Å²) >= 11 is 0. The van der Waals surface area contributed by atoms with Crippen molar-refractivity contribution >= 4 is 15.9 Å². The highest BCUT2D eigenvalue weighted by molar-refractivity contribution is 7.89. The van der Waals surface area contributed by atoms with E-state index in [1.807, 2.05) is 0 Å². The fourth-order valence-electron chi connectivity index (χ4n) is 3.15. The number of likely N-dealkylation sites (tertiary alicyclic amines) is 1. The Kier molecular flexibility index (Phi) is 6.18. The topological polar surface area (TPSA) is 88.8 Å². The molecule has 27 heavy (non-hydrogen) atoms. The summed E-state index contributed by atoms with van der Waals surface area (Å²) in [6.45, 7) is 1.43. The van der Waals surface area contributed by atoms with Gasteiger partial charge in [-0.3, -0.25) is 4.79 Å². The third-order valence-corrected chi connectivity index (χ3v) is 6.13. The van der Waals surface area contributed by atoms with Crippen LogP contribution in [0.5, 0.6) is 5.75 Å². The van der Waals surface area contributed by atoms with Gasteiger partial charge in [-0.05, 0) is 55.7 Å². The van der Waals surface area contributed by atoms with Crippen LogP contribution in [0.25, 0.3) is 0 Å². The fourth-order valence-corrected chi connectivity index (χ4v) is 4.35. The zero-order chi connectivity index (χ0) is 19.3. The highest BCUT2D eigenvalue weighted by Crippen LogP contribution is 2.24. The lowest BCUT2D eigenvalue weighted by atomic mass is 10.1. The first-order valence-corrected chi connectivity index (χ1v) is 10.5. The molecule has 0 bridgehead atoms. The first-order valence-electron chi connectivity index (χ1n) is 8.97. The van der Waals surface area contributed by atoms with Gasteiger partial charge in [0.05, 0.1) is 30.7 Å². The Hall–Kier alpha value is -2.32. The summed E-state index contributed by atoms with van der Waals surface area (Å²) in [4.78, 5) is 14.5. The van der Waals surface area contributed by atoms with Crippen LogP contribution in [0.15, 0.2) is 52.0 Å². The maximum Gasteiger partial charge on any atom is 0.241 e. The van der Waals surface area contributed by atoms with E-state index in [1.54, 1.807) is 29.2 Å². The van der Waals surface area contributed by atoms with Crippen molar-refractivity contribution in [2.75, 3.05) is 20.2 Å². The molecule has 0 saturated carbocycles. The molecular weight excluding hydrogens is 368 g/mol. The molecule has 1 amide bonds. The molecule has 1 aromatic heterocycles. The number of furan rings is 1. The van der Waals surface area contributed by atoms with Gasteiger partial charge in [0.2, 0.25) is 15.9 Å². The molecule has 146 valence electrons. The number of hydrogen-bond acceptors (Lipinski definition) is 5. The normalized spacial score (nSPS) is 16.1. The van der Waals surface area contributed by atoms with Crippen molar-refractivity contribution in [1.29, 1.82) is 0 Å². The zero-order valence-corrected chi connectivity index (χ0v) is 16.1. The van der Waals surface area contributed by atoms with Gasteiger partial charge in [0.15, 0.2) is 0 Å². The minimum atomic E-state index is -3.82. The maximum atomic E-state index is 12.8. The van der Waals surface area contributed by atoms with Crippen molar-refractivity contribution in [3.63, 3.8) is 0 Å². The standard InChI is InChI=1S/C19H24N2O5S/c1-25-15-7-9-16(10-8-15)27(23,24)20-17(18-6-5-13-26-18)14-19(22)21-11-3-2-4-12-21/h5-10,13,17,20H,2-4,11-12,14H2,1H3. The van der Waals surface area contributed by atoms with Crippen molar-refractivity contribution in [1.82, 2.24) is 9.62 Å². The number of hydrogen-bond donors (Lipinski definition) is 1. The van der Waals surface area contributed by atoms with Gasteiger partial charge in [0.1, 0.15) is 11.5 Å². The van der Waals surface area contributed by atoms with Crippen LogP contribution in [0.4, 0.5) is 0 Å². The van der Waals surface area contributed by atoms with Gasteiger partial charge in [-0.25, -0.2) is 8.42 Å². The molecule has 7 nitrogen and oxygen atoms in total. The summed E-state index contributed by atoms with van der Waals surface area (Å²) < 4.78 is 38.6. The summed E-state index contributed by atoms with van der Waals surface area (Å²) in [5.74, 6) is 0.905. The molecule has 1 fully saturated rings. The molecular formula is C19H24N2O5S. The second-order valence-corrected chi connectivity index (χ2v) is 8.22. The van der Waals surface area contributed by atoms with Crippen molar-refractivity contribution in [3.8, 4) is 5.75 Å². The molecule has 0 aliphatic carbocycles. The predicted octanol–water partition coefficient (Wildman–Crippen LogP) is 2.71. The van der Waals surface area contributed by atoms with E-state index in [9.17, 15) is 13.2 Å². The van der Waals surface area contributed by atoms with E-state index in [-0.39, 0.29) is 17.2 Å². The molecule has 1 atom stereocenters. The van der Waals surface area contributed by atoms with E-state index in [1.165, 1.54) is 25.5 Å². The summed E-state index contributed by atoms with van der Waals surface area (Å²) in [6.07, 6.45) is 4.57. The van der Waals surface area contributed by atoms with E-state index in [4.69, 9.17) is 9.15 Å². The minimum absolute atomic E-state index is 0.0168. The number of nitrogens with zero attached hydrogens (tertiary/aromatic N) is 1. The number of amides is 1. The predicted molar refractivity (Wildman–Crippen MR) is 99.8 cm³/mol. The van der Waals surface area contributed by atoms with Crippen LogP contribution in [-0.4, -0.2) is 39.4 Å². The molecule has 1 aliphatic rings. The van der Waals surface area contributed by atoms with Crippen molar-refractivity contribution < 1.29 is 22.4 Å². The van der Waals surface area contributed by atoms with E-state index >= 15 is 0 Å². The monoisotopic (exact) mass is 392 g/mol. The van der Waals surface area contributed by atoms with Crippen molar-refractivity contribution in [3.05, 3.63) is 48.4 Å². The minimum Gasteiger partial charge on any atom is -0.497 e. The van der Waals surface area contributed by atoms with Crippen LogP contribution < -0.4 is 9.46 Å². The SMILES string of the molecule is COc1ccc(S(=O)(=O)NC(CC(=O)N2CCCCC2)c2ccco2)cc1. The number of benzene rings is 1. The Bertz CT molecular complexity index is 841. The van der Waals surface area contributed by atoms with E-state index < -0.39 is 16.1 Å². The Morgan fingerprint density at radius 3 is 2.48 bits per heavy atom. The summed E-state index contributed by atoms with van der Waals surface area (Å²) in [5, 5.41) is 0. The van der Waals surface area contributed by atoms with Gasteiger partial charge in [-0.2, -0.15) is 4.72 Å². The Balaban J connectivity index is 1.77. The summed E-state index contributed by atoms with van der Waals surface area (Å²) in [6, 6.07) is 8.67. The van der Waals surface area contributed by atoms with Gasteiger partial charge >= 0.3 is 0 Å². The largest absolute Gasteiger partial charge is 0.497 e. The van der Waals surface area contributed by atoms with Gasteiger partial charge in [-0.1, -0.05) is 0 Å². The van der Waals surface area contributed by atoms with E-state index in [0.717, 1.165) is 32.4 Å². The summed E-state index contributed by atoms with van der Waals surface area (Å²) in [7, 11) is -2.31. The second kappa shape index (κ2) is 8.58.